The van der Waals surface area contributed by atoms with Crippen molar-refractivity contribution in [1.82, 2.24) is 15.1 Å². The molecule has 2 heterocycles. The van der Waals surface area contributed by atoms with E-state index in [9.17, 15) is 9.59 Å². The van der Waals surface area contributed by atoms with Crippen LogP contribution in [-0.2, 0) is 14.3 Å². The van der Waals surface area contributed by atoms with E-state index < -0.39 is 12.0 Å². The van der Waals surface area contributed by atoms with Crippen molar-refractivity contribution in [2.45, 2.75) is 37.8 Å². The maximum atomic E-state index is 12.8. The average molecular weight is 325 g/mol. The van der Waals surface area contributed by atoms with E-state index in [2.05, 4.69) is 10.2 Å². The fourth-order valence-electron chi connectivity index (χ4n) is 3.34. The largest absolute Gasteiger partial charge is 0.480 e. The van der Waals surface area contributed by atoms with Gasteiger partial charge >= 0.3 is 5.97 Å². The van der Waals surface area contributed by atoms with Crippen LogP contribution in [0.1, 0.15) is 25.7 Å². The second-order valence-electron chi connectivity index (χ2n) is 6.87. The lowest BCUT2D eigenvalue weighted by Gasteiger charge is -2.31. The lowest BCUT2D eigenvalue weighted by Crippen LogP contribution is -2.50. The minimum Gasteiger partial charge on any atom is -0.480 e. The van der Waals surface area contributed by atoms with E-state index in [0.717, 1.165) is 45.9 Å². The fourth-order valence-corrected chi connectivity index (χ4v) is 3.34. The van der Waals surface area contributed by atoms with Crippen LogP contribution in [0, 0.1) is 5.92 Å². The number of hydrogen-bond donors (Lipinski definition) is 2. The third-order valence-electron chi connectivity index (χ3n) is 5.02. The Hall–Kier alpha value is -1.18. The van der Waals surface area contributed by atoms with Gasteiger partial charge in [0, 0.05) is 32.7 Å². The van der Waals surface area contributed by atoms with Crippen LogP contribution < -0.4 is 5.32 Å². The number of carbonyl (C=O) groups excluding carboxylic acids is 1. The maximum absolute atomic E-state index is 12.8. The molecule has 7 nitrogen and oxygen atoms in total. The first kappa shape index (κ1) is 16.7. The van der Waals surface area contributed by atoms with E-state index in [1.807, 2.05) is 4.90 Å². The van der Waals surface area contributed by atoms with Gasteiger partial charge < -0.3 is 14.7 Å². The molecule has 3 aliphatic rings. The Labute approximate surface area is 136 Å². The number of aliphatic carboxylic acids is 1. The van der Waals surface area contributed by atoms with Crippen LogP contribution in [0.2, 0.25) is 0 Å². The predicted molar refractivity (Wildman–Crippen MR) is 84.1 cm³/mol. The minimum atomic E-state index is -0.859. The molecule has 3 fully saturated rings. The molecule has 7 heteroatoms. The number of nitrogens with zero attached hydrogens (tertiary/aromatic N) is 2. The van der Waals surface area contributed by atoms with Crippen molar-refractivity contribution < 1.29 is 19.4 Å². The second-order valence-corrected chi connectivity index (χ2v) is 6.87. The third kappa shape index (κ3) is 4.65. The summed E-state index contributed by atoms with van der Waals surface area (Å²) >= 11 is 0. The summed E-state index contributed by atoms with van der Waals surface area (Å²) in [4.78, 5) is 28.1. The maximum Gasteiger partial charge on any atom is 0.320 e. The average Bonchev–Trinajstić information content (AvgIpc) is 3.23. The SMILES string of the molecule is O=C(O)[C@@H]1CC[C@H](C(=O)N(CCN2CCOCC2)CC2CC2)N1. The van der Waals surface area contributed by atoms with Crippen LogP contribution >= 0.6 is 0 Å². The normalized spacial score (nSPS) is 28.7. The molecule has 0 aromatic heterocycles. The quantitative estimate of drug-likeness (QED) is 0.672. The Balaban J connectivity index is 1.52. The molecule has 0 aromatic carbocycles. The van der Waals surface area contributed by atoms with Crippen molar-refractivity contribution in [1.29, 1.82) is 0 Å². The van der Waals surface area contributed by atoms with Gasteiger partial charge in [0.1, 0.15) is 6.04 Å². The number of carboxylic acid groups (broad SMARTS) is 1. The molecule has 0 unspecified atom stereocenters. The van der Waals surface area contributed by atoms with Gasteiger partial charge in [0.05, 0.1) is 19.3 Å². The number of amides is 1. The zero-order valence-electron chi connectivity index (χ0n) is 13.6. The van der Waals surface area contributed by atoms with Gasteiger partial charge in [-0.3, -0.25) is 19.8 Å². The molecular weight excluding hydrogens is 298 g/mol. The van der Waals surface area contributed by atoms with Crippen LogP contribution in [0.15, 0.2) is 0 Å². The summed E-state index contributed by atoms with van der Waals surface area (Å²) < 4.78 is 5.36. The third-order valence-corrected chi connectivity index (χ3v) is 5.02. The van der Waals surface area contributed by atoms with Crippen LogP contribution in [0.5, 0.6) is 0 Å². The molecule has 0 aromatic rings. The first-order valence-electron chi connectivity index (χ1n) is 8.71. The molecule has 0 radical (unpaired) electrons. The molecule has 1 saturated carbocycles. The monoisotopic (exact) mass is 325 g/mol. The topological polar surface area (TPSA) is 82.1 Å². The Morgan fingerprint density at radius 1 is 1.13 bits per heavy atom. The number of rotatable bonds is 7. The summed E-state index contributed by atoms with van der Waals surface area (Å²) in [5, 5.41) is 12.1. The number of morpholine rings is 1. The van der Waals surface area contributed by atoms with E-state index in [0.29, 0.717) is 18.8 Å². The molecule has 23 heavy (non-hydrogen) atoms. The summed E-state index contributed by atoms with van der Waals surface area (Å²) in [7, 11) is 0. The molecule has 2 atom stereocenters. The van der Waals surface area contributed by atoms with Crippen LogP contribution in [-0.4, -0.2) is 84.8 Å². The predicted octanol–water partition coefficient (Wildman–Crippen LogP) is -0.238. The standard InChI is InChI=1S/C16H27N3O4/c20-15(13-3-4-14(17-13)16(21)22)19(11-12-1-2-12)6-5-18-7-9-23-10-8-18/h12-14,17H,1-11H2,(H,21,22)/t13-,14+/m1/s1. The van der Waals surface area contributed by atoms with Gasteiger partial charge in [-0.25, -0.2) is 0 Å². The van der Waals surface area contributed by atoms with Gasteiger partial charge in [-0.2, -0.15) is 0 Å². The molecule has 2 saturated heterocycles. The van der Waals surface area contributed by atoms with Gasteiger partial charge in [0.25, 0.3) is 0 Å². The number of ether oxygens (including phenoxy) is 1. The second kappa shape index (κ2) is 7.59. The van der Waals surface area contributed by atoms with Gasteiger partial charge in [-0.15, -0.1) is 0 Å². The first-order chi connectivity index (χ1) is 11.1. The number of nitrogens with one attached hydrogen (secondary N) is 1. The summed E-state index contributed by atoms with van der Waals surface area (Å²) in [5.41, 5.74) is 0. The summed E-state index contributed by atoms with van der Waals surface area (Å²) in [6, 6.07) is -0.912. The summed E-state index contributed by atoms with van der Waals surface area (Å²) in [6.45, 7) is 5.80. The van der Waals surface area contributed by atoms with Crippen molar-refractivity contribution in [3.05, 3.63) is 0 Å². The van der Waals surface area contributed by atoms with Crippen LogP contribution in [0.4, 0.5) is 0 Å². The zero-order valence-corrected chi connectivity index (χ0v) is 13.6. The minimum absolute atomic E-state index is 0.0777. The summed E-state index contributed by atoms with van der Waals surface area (Å²) in [6.07, 6.45) is 3.56. The Bertz CT molecular complexity index is 435. The Morgan fingerprint density at radius 3 is 2.43 bits per heavy atom. The van der Waals surface area contributed by atoms with Crippen molar-refractivity contribution in [2.75, 3.05) is 45.9 Å². The highest BCUT2D eigenvalue weighted by atomic mass is 16.5. The van der Waals surface area contributed by atoms with Gasteiger partial charge in [0.15, 0.2) is 0 Å². The van der Waals surface area contributed by atoms with Crippen LogP contribution in [0.3, 0.4) is 0 Å². The summed E-state index contributed by atoms with van der Waals surface area (Å²) in [5.74, 6) is -0.142. The number of carbonyl (C=O) groups is 2. The van der Waals surface area contributed by atoms with E-state index in [1.54, 1.807) is 0 Å². The zero-order chi connectivity index (χ0) is 16.2. The van der Waals surface area contributed by atoms with Gasteiger partial charge in [-0.05, 0) is 31.6 Å². The van der Waals surface area contributed by atoms with E-state index in [4.69, 9.17) is 9.84 Å². The molecule has 0 bridgehead atoms. The molecule has 0 spiro atoms. The molecule has 1 amide bonds. The van der Waals surface area contributed by atoms with Crippen molar-refractivity contribution in [2.24, 2.45) is 5.92 Å². The molecule has 1 aliphatic carbocycles. The number of carboxylic acids is 1. The first-order valence-corrected chi connectivity index (χ1v) is 8.71. The lowest BCUT2D eigenvalue weighted by molar-refractivity contribution is -0.139. The van der Waals surface area contributed by atoms with E-state index >= 15 is 0 Å². The smallest absolute Gasteiger partial charge is 0.320 e. The Morgan fingerprint density at radius 2 is 1.83 bits per heavy atom. The van der Waals surface area contributed by atoms with Gasteiger partial charge in [0.2, 0.25) is 5.91 Å². The van der Waals surface area contributed by atoms with Gasteiger partial charge in [-0.1, -0.05) is 0 Å². The van der Waals surface area contributed by atoms with Crippen molar-refractivity contribution in [3.63, 3.8) is 0 Å². The van der Waals surface area contributed by atoms with Crippen molar-refractivity contribution in [3.8, 4) is 0 Å². The molecule has 2 N–H and O–H groups in total. The van der Waals surface area contributed by atoms with E-state index in [-0.39, 0.29) is 11.9 Å². The number of hydrogen-bond acceptors (Lipinski definition) is 5. The molecular formula is C16H27N3O4. The highest BCUT2D eigenvalue weighted by molar-refractivity contribution is 5.84. The Kier molecular flexibility index (Phi) is 5.50. The highest BCUT2D eigenvalue weighted by Gasteiger charge is 2.36. The highest BCUT2D eigenvalue weighted by Crippen LogP contribution is 2.30. The van der Waals surface area contributed by atoms with Crippen molar-refractivity contribution >= 4 is 11.9 Å². The molecule has 130 valence electrons. The van der Waals surface area contributed by atoms with E-state index in [1.165, 1.54) is 12.8 Å². The molecule has 2 aliphatic heterocycles. The molecule has 3 rings (SSSR count). The van der Waals surface area contributed by atoms with Crippen LogP contribution in [0.25, 0.3) is 0 Å². The fraction of sp³-hybridized carbons (Fsp3) is 0.875. The lowest BCUT2D eigenvalue weighted by atomic mass is 10.1.